The maximum atomic E-state index is 5.86. The molecule has 0 saturated carbocycles. The van der Waals surface area contributed by atoms with Crippen LogP contribution in [0.3, 0.4) is 0 Å². The summed E-state index contributed by atoms with van der Waals surface area (Å²) in [6.45, 7) is 0.487. The lowest BCUT2D eigenvalue weighted by Gasteiger charge is -2.06. The van der Waals surface area contributed by atoms with Crippen molar-refractivity contribution in [2.75, 3.05) is 0 Å². The fourth-order valence-electron chi connectivity index (χ4n) is 2.10. The highest BCUT2D eigenvalue weighted by atomic mass is 127. The first-order valence-corrected chi connectivity index (χ1v) is 7.11. The van der Waals surface area contributed by atoms with Crippen LogP contribution in [0.4, 0.5) is 0 Å². The van der Waals surface area contributed by atoms with E-state index in [1.807, 2.05) is 48.1 Å². The molecule has 2 aromatic carbocycles. The monoisotopic (exact) mass is 364 g/mol. The molecule has 1 aromatic heterocycles. The zero-order chi connectivity index (χ0) is 13.2. The molecule has 0 saturated heterocycles. The molecular weight excluding hydrogens is 351 g/mol. The first-order chi connectivity index (χ1) is 9.25. The quantitative estimate of drug-likeness (QED) is 0.662. The standard InChI is InChI=1S/C15H13IN2O/c1-18-14-8-4-2-6-11(14)13(17-18)10-19-15-9-5-3-7-12(15)16/h2-9H,10H2,1H3. The van der Waals surface area contributed by atoms with Crippen LogP contribution in [0.15, 0.2) is 48.5 Å². The summed E-state index contributed by atoms with van der Waals surface area (Å²) in [5, 5.41) is 5.67. The molecular formula is C15H13IN2O. The van der Waals surface area contributed by atoms with Crippen LogP contribution in [0.2, 0.25) is 0 Å². The number of aryl methyl sites for hydroxylation is 1. The van der Waals surface area contributed by atoms with Crippen molar-refractivity contribution in [2.45, 2.75) is 6.61 Å². The molecule has 96 valence electrons. The fraction of sp³-hybridized carbons (Fsp3) is 0.133. The molecule has 0 atom stereocenters. The summed E-state index contributed by atoms with van der Waals surface area (Å²) < 4.78 is 8.87. The fourth-order valence-corrected chi connectivity index (χ4v) is 2.65. The Labute approximate surface area is 125 Å². The van der Waals surface area contributed by atoms with Crippen molar-refractivity contribution in [3.8, 4) is 5.75 Å². The third kappa shape index (κ3) is 2.45. The molecule has 0 fully saturated rings. The molecule has 0 aliphatic rings. The number of hydrogen-bond donors (Lipinski definition) is 0. The van der Waals surface area contributed by atoms with E-state index in [1.165, 1.54) is 0 Å². The Hall–Kier alpha value is -1.56. The van der Waals surface area contributed by atoms with E-state index in [0.717, 1.165) is 25.9 Å². The van der Waals surface area contributed by atoms with E-state index in [2.05, 4.69) is 39.8 Å². The number of rotatable bonds is 3. The number of para-hydroxylation sites is 2. The normalized spacial score (nSPS) is 10.8. The largest absolute Gasteiger partial charge is 0.486 e. The van der Waals surface area contributed by atoms with Gasteiger partial charge in [-0.3, -0.25) is 4.68 Å². The van der Waals surface area contributed by atoms with Gasteiger partial charge in [0.25, 0.3) is 0 Å². The second-order valence-corrected chi connectivity index (χ2v) is 5.47. The van der Waals surface area contributed by atoms with Gasteiger partial charge in [-0.25, -0.2) is 0 Å². The van der Waals surface area contributed by atoms with E-state index in [4.69, 9.17) is 4.74 Å². The number of aromatic nitrogens is 2. The van der Waals surface area contributed by atoms with Crippen molar-refractivity contribution < 1.29 is 4.74 Å². The molecule has 0 amide bonds. The van der Waals surface area contributed by atoms with Crippen LogP contribution in [0.5, 0.6) is 5.75 Å². The second-order valence-electron chi connectivity index (χ2n) is 4.31. The summed E-state index contributed by atoms with van der Waals surface area (Å²) in [7, 11) is 1.96. The molecule has 4 heteroatoms. The molecule has 0 unspecified atom stereocenters. The highest BCUT2D eigenvalue weighted by Crippen LogP contribution is 2.23. The van der Waals surface area contributed by atoms with Crippen LogP contribution in [0, 0.1) is 3.57 Å². The van der Waals surface area contributed by atoms with Gasteiger partial charge in [-0.05, 0) is 40.8 Å². The van der Waals surface area contributed by atoms with Crippen LogP contribution in [-0.2, 0) is 13.7 Å². The van der Waals surface area contributed by atoms with Gasteiger partial charge in [-0.2, -0.15) is 5.10 Å². The van der Waals surface area contributed by atoms with Gasteiger partial charge in [0.15, 0.2) is 0 Å². The van der Waals surface area contributed by atoms with E-state index in [9.17, 15) is 0 Å². The van der Waals surface area contributed by atoms with Crippen LogP contribution >= 0.6 is 22.6 Å². The van der Waals surface area contributed by atoms with Gasteiger partial charge in [0, 0.05) is 12.4 Å². The Balaban J connectivity index is 1.88. The summed E-state index contributed by atoms with van der Waals surface area (Å²) in [4.78, 5) is 0. The van der Waals surface area contributed by atoms with Crippen molar-refractivity contribution in [3.05, 3.63) is 57.8 Å². The Morgan fingerprint density at radius 1 is 1.11 bits per heavy atom. The maximum absolute atomic E-state index is 5.86. The van der Waals surface area contributed by atoms with Gasteiger partial charge in [-0.15, -0.1) is 0 Å². The van der Waals surface area contributed by atoms with E-state index >= 15 is 0 Å². The molecule has 0 aliphatic carbocycles. The summed E-state index contributed by atoms with van der Waals surface area (Å²) in [5.41, 5.74) is 2.10. The third-order valence-corrected chi connectivity index (χ3v) is 3.93. The van der Waals surface area contributed by atoms with Crippen LogP contribution in [-0.4, -0.2) is 9.78 Å². The first kappa shape index (κ1) is 12.5. The van der Waals surface area contributed by atoms with Crippen LogP contribution in [0.1, 0.15) is 5.69 Å². The van der Waals surface area contributed by atoms with Gasteiger partial charge in [0.2, 0.25) is 0 Å². The molecule has 0 bridgehead atoms. The Morgan fingerprint density at radius 2 is 1.84 bits per heavy atom. The molecule has 0 aliphatic heterocycles. The van der Waals surface area contributed by atoms with Crippen molar-refractivity contribution in [1.82, 2.24) is 9.78 Å². The number of ether oxygens (including phenoxy) is 1. The maximum Gasteiger partial charge on any atom is 0.133 e. The van der Waals surface area contributed by atoms with E-state index in [-0.39, 0.29) is 0 Å². The summed E-state index contributed by atoms with van der Waals surface area (Å²) in [5.74, 6) is 0.901. The molecule has 3 rings (SSSR count). The highest BCUT2D eigenvalue weighted by Gasteiger charge is 2.09. The Bertz CT molecular complexity index is 721. The van der Waals surface area contributed by atoms with Gasteiger partial charge < -0.3 is 4.74 Å². The van der Waals surface area contributed by atoms with Crippen LogP contribution in [0.25, 0.3) is 10.9 Å². The van der Waals surface area contributed by atoms with Gasteiger partial charge in [0.1, 0.15) is 18.1 Å². The lowest BCUT2D eigenvalue weighted by Crippen LogP contribution is -1.99. The van der Waals surface area contributed by atoms with E-state index in [1.54, 1.807) is 0 Å². The smallest absolute Gasteiger partial charge is 0.133 e. The van der Waals surface area contributed by atoms with Gasteiger partial charge in [-0.1, -0.05) is 30.3 Å². The van der Waals surface area contributed by atoms with E-state index < -0.39 is 0 Å². The number of hydrogen-bond acceptors (Lipinski definition) is 2. The summed E-state index contributed by atoms with van der Waals surface area (Å²) >= 11 is 2.28. The molecule has 0 radical (unpaired) electrons. The highest BCUT2D eigenvalue weighted by molar-refractivity contribution is 14.1. The Kier molecular flexibility index (Phi) is 3.42. The van der Waals surface area contributed by atoms with Gasteiger partial charge >= 0.3 is 0 Å². The average Bonchev–Trinajstić information content (AvgIpc) is 2.75. The average molecular weight is 364 g/mol. The summed E-state index contributed by atoms with van der Waals surface area (Å²) in [6.07, 6.45) is 0. The van der Waals surface area contributed by atoms with Gasteiger partial charge in [0.05, 0.1) is 9.09 Å². The summed E-state index contributed by atoms with van der Waals surface area (Å²) in [6, 6.07) is 16.2. The van der Waals surface area contributed by atoms with Crippen molar-refractivity contribution in [2.24, 2.45) is 7.05 Å². The minimum absolute atomic E-state index is 0.487. The molecule has 1 heterocycles. The molecule has 3 aromatic rings. The molecule has 3 nitrogen and oxygen atoms in total. The second kappa shape index (κ2) is 5.21. The predicted molar refractivity (Wildman–Crippen MR) is 84.2 cm³/mol. The van der Waals surface area contributed by atoms with Crippen molar-refractivity contribution in [1.29, 1.82) is 0 Å². The third-order valence-electron chi connectivity index (χ3n) is 3.04. The van der Waals surface area contributed by atoms with Crippen molar-refractivity contribution >= 4 is 33.5 Å². The number of benzene rings is 2. The Morgan fingerprint density at radius 3 is 2.68 bits per heavy atom. The zero-order valence-electron chi connectivity index (χ0n) is 10.5. The predicted octanol–water partition coefficient (Wildman–Crippen LogP) is 3.76. The first-order valence-electron chi connectivity index (χ1n) is 6.03. The number of halogens is 1. The minimum Gasteiger partial charge on any atom is -0.486 e. The van der Waals surface area contributed by atoms with Crippen LogP contribution < -0.4 is 4.74 Å². The molecule has 0 N–H and O–H groups in total. The SMILES string of the molecule is Cn1nc(COc2ccccc2I)c2ccccc21. The topological polar surface area (TPSA) is 27.1 Å². The van der Waals surface area contributed by atoms with E-state index in [0.29, 0.717) is 6.61 Å². The number of fused-ring (bicyclic) bond motifs is 1. The molecule has 0 spiro atoms. The zero-order valence-corrected chi connectivity index (χ0v) is 12.7. The van der Waals surface area contributed by atoms with Crippen molar-refractivity contribution in [3.63, 3.8) is 0 Å². The molecule has 19 heavy (non-hydrogen) atoms. The lowest BCUT2D eigenvalue weighted by atomic mass is 10.2. The lowest BCUT2D eigenvalue weighted by molar-refractivity contribution is 0.299. The number of nitrogens with zero attached hydrogens (tertiary/aromatic N) is 2. The minimum atomic E-state index is 0.487.